The molecule has 1 aliphatic rings. The summed E-state index contributed by atoms with van der Waals surface area (Å²) in [6.45, 7) is -0.662. The summed E-state index contributed by atoms with van der Waals surface area (Å²) in [6, 6.07) is 0. The summed E-state index contributed by atoms with van der Waals surface area (Å²) in [6.07, 6.45) is -6.44. The summed E-state index contributed by atoms with van der Waals surface area (Å²) in [5.74, 6) is -2.23. The van der Waals surface area contributed by atoms with Gasteiger partial charge >= 0.3 is 0 Å². The third-order valence-corrected chi connectivity index (χ3v) is 2.30. The maximum absolute atomic E-state index is 9.67. The van der Waals surface area contributed by atoms with Crippen LogP contribution in [-0.4, -0.2) is 69.6 Å². The molecule has 0 amide bonds. The molecular formula is C7H14O7. The van der Waals surface area contributed by atoms with E-state index in [1.807, 2.05) is 0 Å². The summed E-state index contributed by atoms with van der Waals surface area (Å²) < 4.78 is 9.21. The number of aliphatic hydroxyl groups excluding tert-OH is 4. The number of ether oxygens (including phenoxy) is 2. The van der Waals surface area contributed by atoms with Crippen molar-refractivity contribution in [2.24, 2.45) is 0 Å². The SMILES string of the molecule is CO[C@]1(O)[C@H](O)[C@@H](O)[C@@H](O)O[C@@H]1CO. The number of methoxy groups -OCH3 is 1. The van der Waals surface area contributed by atoms with Crippen LogP contribution in [0.1, 0.15) is 0 Å². The summed E-state index contributed by atoms with van der Waals surface area (Å²) >= 11 is 0. The van der Waals surface area contributed by atoms with E-state index < -0.39 is 37.0 Å². The largest absolute Gasteiger partial charge is 0.393 e. The van der Waals surface area contributed by atoms with E-state index in [1.165, 1.54) is 0 Å². The topological polar surface area (TPSA) is 120 Å². The van der Waals surface area contributed by atoms with E-state index >= 15 is 0 Å². The number of hydrogen-bond acceptors (Lipinski definition) is 7. The zero-order chi connectivity index (χ0) is 10.9. The fraction of sp³-hybridized carbons (Fsp3) is 1.00. The first kappa shape index (κ1) is 11.8. The Balaban J connectivity index is 2.89. The van der Waals surface area contributed by atoms with Crippen LogP contribution < -0.4 is 0 Å². The Kier molecular flexibility index (Phi) is 3.43. The molecule has 0 aromatic heterocycles. The van der Waals surface area contributed by atoms with Crippen molar-refractivity contribution in [2.45, 2.75) is 30.4 Å². The molecular weight excluding hydrogens is 196 g/mol. The lowest BCUT2D eigenvalue weighted by molar-refractivity contribution is -0.386. The quantitative estimate of drug-likeness (QED) is 0.304. The maximum atomic E-state index is 9.67. The van der Waals surface area contributed by atoms with Gasteiger partial charge in [-0.1, -0.05) is 0 Å². The molecule has 1 heterocycles. The Labute approximate surface area is 80.1 Å². The molecule has 0 aromatic rings. The van der Waals surface area contributed by atoms with Crippen LogP contribution in [-0.2, 0) is 9.47 Å². The third kappa shape index (κ3) is 1.63. The van der Waals surface area contributed by atoms with Crippen LogP contribution >= 0.6 is 0 Å². The average molecular weight is 210 g/mol. The molecule has 1 fully saturated rings. The monoisotopic (exact) mass is 210 g/mol. The van der Waals surface area contributed by atoms with Crippen molar-refractivity contribution < 1.29 is 35.0 Å². The summed E-state index contributed by atoms with van der Waals surface area (Å²) in [5, 5.41) is 46.1. The molecule has 14 heavy (non-hydrogen) atoms. The molecule has 0 aliphatic carbocycles. The highest BCUT2D eigenvalue weighted by Gasteiger charge is 2.54. The van der Waals surface area contributed by atoms with E-state index in [9.17, 15) is 15.3 Å². The fourth-order valence-electron chi connectivity index (χ4n) is 1.36. The van der Waals surface area contributed by atoms with Gasteiger partial charge in [-0.05, 0) is 0 Å². The minimum absolute atomic E-state index is 0.662. The van der Waals surface area contributed by atoms with Crippen LogP contribution in [0.3, 0.4) is 0 Å². The van der Waals surface area contributed by atoms with E-state index in [0.29, 0.717) is 0 Å². The Morgan fingerprint density at radius 1 is 1.36 bits per heavy atom. The van der Waals surface area contributed by atoms with Crippen LogP contribution in [0.15, 0.2) is 0 Å². The van der Waals surface area contributed by atoms with Crippen molar-refractivity contribution in [3.8, 4) is 0 Å². The molecule has 7 heteroatoms. The molecule has 5 atom stereocenters. The van der Waals surface area contributed by atoms with Gasteiger partial charge in [0.25, 0.3) is 0 Å². The second kappa shape index (κ2) is 4.07. The highest BCUT2D eigenvalue weighted by Crippen LogP contribution is 2.29. The highest BCUT2D eigenvalue weighted by molar-refractivity contribution is 4.95. The lowest BCUT2D eigenvalue weighted by Crippen LogP contribution is -2.67. The van der Waals surface area contributed by atoms with Crippen LogP contribution in [0.5, 0.6) is 0 Å². The van der Waals surface area contributed by atoms with Gasteiger partial charge in [-0.3, -0.25) is 0 Å². The fourth-order valence-corrected chi connectivity index (χ4v) is 1.36. The third-order valence-electron chi connectivity index (χ3n) is 2.30. The van der Waals surface area contributed by atoms with Gasteiger partial charge in [-0.15, -0.1) is 0 Å². The second-order valence-corrected chi connectivity index (χ2v) is 3.09. The van der Waals surface area contributed by atoms with Crippen molar-refractivity contribution in [3.63, 3.8) is 0 Å². The van der Waals surface area contributed by atoms with Crippen LogP contribution in [0.2, 0.25) is 0 Å². The van der Waals surface area contributed by atoms with Gasteiger partial charge in [-0.2, -0.15) is 0 Å². The van der Waals surface area contributed by atoms with Gasteiger partial charge in [-0.25, -0.2) is 0 Å². The van der Waals surface area contributed by atoms with Crippen molar-refractivity contribution in [2.75, 3.05) is 13.7 Å². The van der Waals surface area contributed by atoms with Crippen LogP contribution in [0.4, 0.5) is 0 Å². The molecule has 7 nitrogen and oxygen atoms in total. The molecule has 84 valence electrons. The average Bonchev–Trinajstić information content (AvgIpc) is 2.20. The number of hydrogen-bond donors (Lipinski definition) is 5. The Morgan fingerprint density at radius 3 is 2.36 bits per heavy atom. The Bertz CT molecular complexity index is 194. The standard InChI is InChI=1S/C7H14O7/c1-13-7(12)3(2-8)14-6(11)4(9)5(7)10/h3-6,8-12H,2H2,1H3/t3-,4-,5-,6+,7+/m1/s1. The van der Waals surface area contributed by atoms with Crippen LogP contribution in [0.25, 0.3) is 0 Å². The van der Waals surface area contributed by atoms with Gasteiger partial charge in [0.05, 0.1) is 6.61 Å². The highest BCUT2D eigenvalue weighted by atomic mass is 16.7. The molecule has 0 aromatic carbocycles. The van der Waals surface area contributed by atoms with E-state index in [2.05, 4.69) is 9.47 Å². The normalized spacial score (nSPS) is 49.3. The van der Waals surface area contributed by atoms with Gasteiger partial charge in [0.15, 0.2) is 6.29 Å². The second-order valence-electron chi connectivity index (χ2n) is 3.09. The lowest BCUT2D eigenvalue weighted by atomic mass is 9.95. The summed E-state index contributed by atoms with van der Waals surface area (Å²) in [4.78, 5) is 0. The van der Waals surface area contributed by atoms with E-state index in [1.54, 1.807) is 0 Å². The van der Waals surface area contributed by atoms with E-state index in [0.717, 1.165) is 7.11 Å². The van der Waals surface area contributed by atoms with Gasteiger partial charge < -0.3 is 35.0 Å². The van der Waals surface area contributed by atoms with E-state index in [4.69, 9.17) is 10.2 Å². The Hall–Kier alpha value is -0.280. The minimum Gasteiger partial charge on any atom is -0.393 e. The predicted octanol–water partition coefficient (Wildman–Crippen LogP) is -3.25. The molecule has 0 bridgehead atoms. The molecule has 0 unspecified atom stereocenters. The molecule has 1 saturated heterocycles. The first-order chi connectivity index (χ1) is 6.47. The minimum atomic E-state index is -2.23. The molecule has 1 aliphatic heterocycles. The first-order valence-corrected chi connectivity index (χ1v) is 4.05. The first-order valence-electron chi connectivity index (χ1n) is 4.05. The Morgan fingerprint density at radius 2 is 1.93 bits per heavy atom. The molecule has 1 rings (SSSR count). The zero-order valence-electron chi connectivity index (χ0n) is 7.57. The van der Waals surface area contributed by atoms with Gasteiger partial charge in [0.2, 0.25) is 5.79 Å². The molecule has 0 radical (unpaired) electrons. The maximum Gasteiger partial charge on any atom is 0.224 e. The van der Waals surface area contributed by atoms with Crippen molar-refractivity contribution in [1.82, 2.24) is 0 Å². The molecule has 0 spiro atoms. The lowest BCUT2D eigenvalue weighted by Gasteiger charge is -2.45. The number of rotatable bonds is 2. The van der Waals surface area contributed by atoms with E-state index in [-0.39, 0.29) is 0 Å². The van der Waals surface area contributed by atoms with Crippen molar-refractivity contribution >= 4 is 0 Å². The van der Waals surface area contributed by atoms with Crippen LogP contribution in [0, 0.1) is 0 Å². The van der Waals surface area contributed by atoms with Gasteiger partial charge in [0.1, 0.15) is 18.3 Å². The zero-order valence-corrected chi connectivity index (χ0v) is 7.57. The van der Waals surface area contributed by atoms with Gasteiger partial charge in [0, 0.05) is 7.11 Å². The summed E-state index contributed by atoms with van der Waals surface area (Å²) in [5.41, 5.74) is 0. The molecule has 0 saturated carbocycles. The number of aliphatic hydroxyl groups is 5. The molecule has 5 N–H and O–H groups in total. The smallest absolute Gasteiger partial charge is 0.224 e. The van der Waals surface area contributed by atoms with Crippen molar-refractivity contribution in [1.29, 1.82) is 0 Å². The summed E-state index contributed by atoms with van der Waals surface area (Å²) in [7, 11) is 1.08. The van der Waals surface area contributed by atoms with Crippen molar-refractivity contribution in [3.05, 3.63) is 0 Å². The predicted molar refractivity (Wildman–Crippen MR) is 41.9 cm³/mol.